The van der Waals surface area contributed by atoms with E-state index in [1.54, 1.807) is 6.07 Å². The van der Waals surface area contributed by atoms with E-state index >= 15 is 0 Å². The summed E-state index contributed by atoms with van der Waals surface area (Å²) in [4.78, 5) is 2.19. The molecule has 2 aromatic rings. The zero-order valence-corrected chi connectivity index (χ0v) is 10.9. The lowest BCUT2D eigenvalue weighted by Crippen LogP contribution is -2.24. The van der Waals surface area contributed by atoms with E-state index in [1.165, 1.54) is 17.3 Å². The fourth-order valence-corrected chi connectivity index (χ4v) is 2.85. The van der Waals surface area contributed by atoms with Gasteiger partial charge < -0.3 is 10.6 Å². The molecule has 98 valence electrons. The molecule has 0 radical (unpaired) electrons. The van der Waals surface area contributed by atoms with Crippen LogP contribution < -0.4 is 10.6 Å². The fraction of sp³-hybridized carbons (Fsp3) is 0.250. The maximum absolute atomic E-state index is 13.7. The molecule has 1 unspecified atom stereocenters. The van der Waals surface area contributed by atoms with Gasteiger partial charge >= 0.3 is 0 Å². The van der Waals surface area contributed by atoms with Gasteiger partial charge in [-0.1, -0.05) is 18.2 Å². The average molecular weight is 256 g/mol. The van der Waals surface area contributed by atoms with Crippen molar-refractivity contribution in [3.63, 3.8) is 0 Å². The molecule has 2 nitrogen and oxygen atoms in total. The Labute approximate surface area is 112 Å². The number of halogens is 1. The van der Waals surface area contributed by atoms with E-state index in [0.29, 0.717) is 12.6 Å². The second-order valence-electron chi connectivity index (χ2n) is 5.07. The third kappa shape index (κ3) is 2.10. The maximum atomic E-state index is 13.7. The molecule has 0 aromatic heterocycles. The molecule has 1 heterocycles. The molecule has 1 atom stereocenters. The second kappa shape index (κ2) is 4.67. The first-order chi connectivity index (χ1) is 9.19. The zero-order chi connectivity index (χ0) is 13.4. The van der Waals surface area contributed by atoms with Crippen molar-refractivity contribution in [2.24, 2.45) is 5.73 Å². The molecular weight excluding hydrogens is 239 g/mol. The van der Waals surface area contributed by atoms with E-state index in [2.05, 4.69) is 24.0 Å². The van der Waals surface area contributed by atoms with E-state index in [-0.39, 0.29) is 5.82 Å². The van der Waals surface area contributed by atoms with Crippen LogP contribution in [-0.2, 0) is 13.0 Å². The van der Waals surface area contributed by atoms with Gasteiger partial charge in [-0.3, -0.25) is 0 Å². The van der Waals surface area contributed by atoms with Gasteiger partial charge in [0.2, 0.25) is 0 Å². The van der Waals surface area contributed by atoms with Crippen LogP contribution in [0.2, 0.25) is 0 Å². The van der Waals surface area contributed by atoms with Crippen LogP contribution in [0.25, 0.3) is 0 Å². The summed E-state index contributed by atoms with van der Waals surface area (Å²) in [5, 5.41) is 0. The SMILES string of the molecule is CC1Cc2ccccc2N1c1cc(F)cc(CN)c1. The Balaban J connectivity index is 2.09. The van der Waals surface area contributed by atoms with Gasteiger partial charge in [-0.05, 0) is 48.7 Å². The summed E-state index contributed by atoms with van der Waals surface area (Å²) < 4.78 is 13.7. The maximum Gasteiger partial charge on any atom is 0.125 e. The molecule has 0 aliphatic carbocycles. The third-order valence-electron chi connectivity index (χ3n) is 3.66. The molecule has 19 heavy (non-hydrogen) atoms. The number of rotatable bonds is 2. The van der Waals surface area contributed by atoms with Crippen LogP contribution in [-0.4, -0.2) is 6.04 Å². The molecular formula is C16H17FN2. The van der Waals surface area contributed by atoms with E-state index in [0.717, 1.165) is 17.7 Å². The van der Waals surface area contributed by atoms with Crippen LogP contribution in [0.15, 0.2) is 42.5 Å². The number of hydrogen-bond acceptors (Lipinski definition) is 2. The zero-order valence-electron chi connectivity index (χ0n) is 10.9. The monoisotopic (exact) mass is 256 g/mol. The van der Waals surface area contributed by atoms with E-state index in [1.807, 2.05) is 18.2 Å². The predicted octanol–water partition coefficient (Wildman–Crippen LogP) is 3.37. The number of fused-ring (bicyclic) bond motifs is 1. The molecule has 1 aliphatic heterocycles. The van der Waals surface area contributed by atoms with Crippen molar-refractivity contribution >= 4 is 11.4 Å². The summed E-state index contributed by atoms with van der Waals surface area (Å²) in [6, 6.07) is 13.7. The third-order valence-corrected chi connectivity index (χ3v) is 3.66. The molecule has 3 rings (SSSR count). The van der Waals surface area contributed by atoms with E-state index < -0.39 is 0 Å². The lowest BCUT2D eigenvalue weighted by molar-refractivity contribution is 0.624. The van der Waals surface area contributed by atoms with Crippen LogP contribution >= 0.6 is 0 Å². The highest BCUT2D eigenvalue weighted by molar-refractivity contribution is 5.71. The summed E-state index contributed by atoms with van der Waals surface area (Å²) >= 11 is 0. The number of nitrogens with zero attached hydrogens (tertiary/aromatic N) is 1. The fourth-order valence-electron chi connectivity index (χ4n) is 2.85. The lowest BCUT2D eigenvalue weighted by Gasteiger charge is -2.25. The Morgan fingerprint density at radius 2 is 2.05 bits per heavy atom. The number of para-hydroxylation sites is 1. The second-order valence-corrected chi connectivity index (χ2v) is 5.07. The molecule has 1 aliphatic rings. The molecule has 2 N–H and O–H groups in total. The summed E-state index contributed by atoms with van der Waals surface area (Å²) in [6.45, 7) is 2.52. The molecule has 0 fully saturated rings. The Morgan fingerprint density at radius 1 is 1.26 bits per heavy atom. The van der Waals surface area contributed by atoms with Gasteiger partial charge in [0, 0.05) is 24.0 Å². The summed E-state index contributed by atoms with van der Waals surface area (Å²) in [5.41, 5.74) is 9.83. The highest BCUT2D eigenvalue weighted by atomic mass is 19.1. The van der Waals surface area contributed by atoms with Gasteiger partial charge in [0.1, 0.15) is 5.82 Å². The van der Waals surface area contributed by atoms with Crippen molar-refractivity contribution in [3.05, 3.63) is 59.4 Å². The summed E-state index contributed by atoms with van der Waals surface area (Å²) in [7, 11) is 0. The highest BCUT2D eigenvalue weighted by Crippen LogP contribution is 2.38. The summed E-state index contributed by atoms with van der Waals surface area (Å²) in [5.74, 6) is -0.227. The Morgan fingerprint density at radius 3 is 2.84 bits per heavy atom. The Kier molecular flexibility index (Phi) is 2.99. The number of hydrogen-bond donors (Lipinski definition) is 1. The number of benzene rings is 2. The van der Waals surface area contributed by atoms with Crippen molar-refractivity contribution in [2.45, 2.75) is 25.9 Å². The van der Waals surface area contributed by atoms with Crippen LogP contribution in [0.3, 0.4) is 0 Å². The summed E-state index contributed by atoms with van der Waals surface area (Å²) in [6.07, 6.45) is 0.991. The van der Waals surface area contributed by atoms with Crippen LogP contribution in [0.1, 0.15) is 18.1 Å². The first-order valence-electron chi connectivity index (χ1n) is 6.55. The molecule has 0 saturated heterocycles. The minimum Gasteiger partial charge on any atom is -0.338 e. The Hall–Kier alpha value is -1.87. The van der Waals surface area contributed by atoms with Crippen LogP contribution in [0.5, 0.6) is 0 Å². The van der Waals surface area contributed by atoms with Gasteiger partial charge in [0.15, 0.2) is 0 Å². The minimum absolute atomic E-state index is 0.227. The van der Waals surface area contributed by atoms with E-state index in [4.69, 9.17) is 5.73 Å². The highest BCUT2D eigenvalue weighted by Gasteiger charge is 2.27. The van der Waals surface area contributed by atoms with Crippen molar-refractivity contribution in [1.29, 1.82) is 0 Å². The van der Waals surface area contributed by atoms with Gasteiger partial charge in [-0.25, -0.2) is 4.39 Å². The van der Waals surface area contributed by atoms with Crippen molar-refractivity contribution in [2.75, 3.05) is 4.90 Å². The molecule has 0 amide bonds. The standard InChI is InChI=1S/C16H17FN2/c1-11-6-13-4-2-3-5-16(13)19(11)15-8-12(10-18)7-14(17)9-15/h2-5,7-9,11H,6,10,18H2,1H3. The lowest BCUT2D eigenvalue weighted by atomic mass is 10.1. The van der Waals surface area contributed by atoms with Gasteiger partial charge in [-0.15, -0.1) is 0 Å². The van der Waals surface area contributed by atoms with Crippen LogP contribution in [0.4, 0.5) is 15.8 Å². The molecule has 2 aromatic carbocycles. The first kappa shape index (κ1) is 12.2. The largest absolute Gasteiger partial charge is 0.338 e. The van der Waals surface area contributed by atoms with Gasteiger partial charge in [0.25, 0.3) is 0 Å². The number of nitrogens with two attached hydrogens (primary N) is 1. The quantitative estimate of drug-likeness (QED) is 0.892. The van der Waals surface area contributed by atoms with Crippen LogP contribution in [0, 0.1) is 5.82 Å². The molecule has 0 bridgehead atoms. The Bertz CT molecular complexity index is 609. The molecule has 0 spiro atoms. The van der Waals surface area contributed by atoms with Crippen molar-refractivity contribution < 1.29 is 4.39 Å². The number of anilines is 2. The minimum atomic E-state index is -0.227. The topological polar surface area (TPSA) is 29.3 Å². The average Bonchev–Trinajstić information content (AvgIpc) is 2.73. The van der Waals surface area contributed by atoms with Crippen molar-refractivity contribution in [3.8, 4) is 0 Å². The smallest absolute Gasteiger partial charge is 0.125 e. The van der Waals surface area contributed by atoms with E-state index in [9.17, 15) is 4.39 Å². The predicted molar refractivity (Wildman–Crippen MR) is 76.0 cm³/mol. The van der Waals surface area contributed by atoms with Gasteiger partial charge in [-0.2, -0.15) is 0 Å². The van der Waals surface area contributed by atoms with Gasteiger partial charge in [0.05, 0.1) is 0 Å². The first-order valence-corrected chi connectivity index (χ1v) is 6.55. The molecule has 0 saturated carbocycles. The molecule has 3 heteroatoms. The van der Waals surface area contributed by atoms with Crippen molar-refractivity contribution in [1.82, 2.24) is 0 Å². The normalized spacial score (nSPS) is 17.6.